The molecule has 0 radical (unpaired) electrons. The Morgan fingerprint density at radius 3 is 2.39 bits per heavy atom. The van der Waals surface area contributed by atoms with Gasteiger partial charge in [0.25, 0.3) is 5.91 Å². The number of rotatable bonds is 9. The highest BCUT2D eigenvalue weighted by atomic mass is 16.5. The van der Waals surface area contributed by atoms with Crippen molar-refractivity contribution in [2.75, 3.05) is 23.8 Å². The lowest BCUT2D eigenvalue weighted by molar-refractivity contribution is -0.118. The van der Waals surface area contributed by atoms with Crippen LogP contribution in [0.1, 0.15) is 29.2 Å². The smallest absolute Gasteiger partial charge is 0.262 e. The van der Waals surface area contributed by atoms with Gasteiger partial charge in [-0.15, -0.1) is 0 Å². The quantitative estimate of drug-likeness (QED) is 0.472. The number of benzene rings is 3. The van der Waals surface area contributed by atoms with E-state index in [1.165, 1.54) is 11.1 Å². The molecule has 0 aliphatic heterocycles. The van der Waals surface area contributed by atoms with E-state index < -0.39 is 0 Å². The molecule has 0 saturated carbocycles. The van der Waals surface area contributed by atoms with Gasteiger partial charge in [-0.1, -0.05) is 30.3 Å². The molecule has 0 aromatic heterocycles. The van der Waals surface area contributed by atoms with E-state index in [0.717, 1.165) is 22.5 Å². The topological polar surface area (TPSA) is 59.6 Å². The van der Waals surface area contributed by atoms with Crippen LogP contribution in [0.25, 0.3) is 0 Å². The predicted octanol–water partition coefficient (Wildman–Crippen LogP) is 5.64. The van der Waals surface area contributed by atoms with Gasteiger partial charge in [-0.25, -0.2) is 0 Å². The molecule has 3 rings (SSSR count). The summed E-state index contributed by atoms with van der Waals surface area (Å²) in [6.45, 7) is 9.18. The Kier molecular flexibility index (Phi) is 7.55. The fourth-order valence-corrected chi connectivity index (χ4v) is 3.15. The van der Waals surface area contributed by atoms with E-state index in [-0.39, 0.29) is 12.5 Å². The number of hydrogen-bond acceptors (Lipinski definition) is 4. The van der Waals surface area contributed by atoms with Gasteiger partial charge < -0.3 is 20.1 Å². The first-order chi connectivity index (χ1) is 15.0. The number of ether oxygens (including phenoxy) is 2. The van der Waals surface area contributed by atoms with Crippen LogP contribution in [-0.4, -0.2) is 19.1 Å². The third-order valence-electron chi connectivity index (χ3n) is 5.09. The number of amides is 1. The minimum Gasteiger partial charge on any atom is -0.490 e. The maximum atomic E-state index is 12.3. The molecule has 162 valence electrons. The van der Waals surface area contributed by atoms with Crippen molar-refractivity contribution in [2.24, 2.45) is 0 Å². The van der Waals surface area contributed by atoms with Crippen molar-refractivity contribution in [1.82, 2.24) is 0 Å². The molecule has 3 aromatic rings. The lowest BCUT2D eigenvalue weighted by Gasteiger charge is -2.15. The average molecular weight is 419 g/mol. The third-order valence-corrected chi connectivity index (χ3v) is 5.09. The van der Waals surface area contributed by atoms with Crippen LogP contribution in [0.15, 0.2) is 60.7 Å². The van der Waals surface area contributed by atoms with Crippen molar-refractivity contribution >= 4 is 17.3 Å². The van der Waals surface area contributed by atoms with Gasteiger partial charge in [0, 0.05) is 17.9 Å². The highest BCUT2D eigenvalue weighted by molar-refractivity contribution is 5.92. The van der Waals surface area contributed by atoms with Crippen molar-refractivity contribution in [3.05, 3.63) is 82.9 Å². The van der Waals surface area contributed by atoms with E-state index in [1.54, 1.807) is 0 Å². The van der Waals surface area contributed by atoms with Gasteiger partial charge in [0.05, 0.1) is 6.61 Å². The number of aryl methyl sites for hydroxylation is 3. The summed E-state index contributed by atoms with van der Waals surface area (Å²) >= 11 is 0. The highest BCUT2D eigenvalue weighted by Crippen LogP contribution is 2.29. The molecule has 0 aliphatic rings. The molecule has 0 bridgehead atoms. The Bertz CT molecular complexity index is 1050. The zero-order chi connectivity index (χ0) is 22.2. The molecule has 0 fully saturated rings. The summed E-state index contributed by atoms with van der Waals surface area (Å²) in [5.41, 5.74) is 6.47. The first-order valence-electron chi connectivity index (χ1n) is 10.5. The fourth-order valence-electron chi connectivity index (χ4n) is 3.15. The predicted molar refractivity (Wildman–Crippen MR) is 126 cm³/mol. The van der Waals surface area contributed by atoms with Gasteiger partial charge in [0.1, 0.15) is 0 Å². The minimum absolute atomic E-state index is 0.0886. The summed E-state index contributed by atoms with van der Waals surface area (Å²) in [5, 5.41) is 6.32. The van der Waals surface area contributed by atoms with E-state index in [4.69, 9.17) is 9.47 Å². The second-order valence-electron chi connectivity index (χ2n) is 7.52. The monoisotopic (exact) mass is 418 g/mol. The first kappa shape index (κ1) is 22.2. The van der Waals surface area contributed by atoms with E-state index in [0.29, 0.717) is 24.7 Å². The fraction of sp³-hybridized carbons (Fsp3) is 0.269. The summed E-state index contributed by atoms with van der Waals surface area (Å²) < 4.78 is 11.5. The molecule has 0 unspecified atom stereocenters. The van der Waals surface area contributed by atoms with Gasteiger partial charge in [-0.3, -0.25) is 4.79 Å². The highest BCUT2D eigenvalue weighted by Gasteiger charge is 2.10. The molecule has 1 amide bonds. The maximum Gasteiger partial charge on any atom is 0.262 e. The minimum atomic E-state index is -0.211. The van der Waals surface area contributed by atoms with Gasteiger partial charge >= 0.3 is 0 Å². The zero-order valence-corrected chi connectivity index (χ0v) is 18.6. The van der Waals surface area contributed by atoms with E-state index in [2.05, 4.69) is 42.7 Å². The third kappa shape index (κ3) is 6.25. The van der Waals surface area contributed by atoms with E-state index >= 15 is 0 Å². The van der Waals surface area contributed by atoms with Crippen molar-refractivity contribution in [3.63, 3.8) is 0 Å². The van der Waals surface area contributed by atoms with Crippen LogP contribution >= 0.6 is 0 Å². The molecule has 5 nitrogen and oxygen atoms in total. The number of anilines is 2. The Balaban J connectivity index is 1.62. The van der Waals surface area contributed by atoms with Crippen molar-refractivity contribution < 1.29 is 14.3 Å². The Hall–Kier alpha value is -3.47. The second-order valence-corrected chi connectivity index (χ2v) is 7.52. The lowest BCUT2D eigenvalue weighted by Crippen LogP contribution is -2.20. The van der Waals surface area contributed by atoms with Crippen LogP contribution < -0.4 is 20.1 Å². The van der Waals surface area contributed by atoms with Crippen LogP contribution in [-0.2, 0) is 11.3 Å². The molecule has 31 heavy (non-hydrogen) atoms. The SMILES string of the molecule is CCOc1cc(CNc2ccc(C)c(C)c2)ccc1OCC(=O)Nc1ccccc1C. The number of para-hydroxylation sites is 1. The first-order valence-corrected chi connectivity index (χ1v) is 10.5. The van der Waals surface area contributed by atoms with Crippen LogP contribution in [0.2, 0.25) is 0 Å². The number of carbonyl (C=O) groups is 1. The van der Waals surface area contributed by atoms with Crippen molar-refractivity contribution in [2.45, 2.75) is 34.2 Å². The summed E-state index contributed by atoms with van der Waals surface area (Å²) in [7, 11) is 0. The van der Waals surface area contributed by atoms with E-state index in [1.807, 2.05) is 56.3 Å². The molecule has 0 atom stereocenters. The number of nitrogens with one attached hydrogen (secondary N) is 2. The molecular formula is C26H30N2O3. The molecule has 0 heterocycles. The Labute approximate surface area is 184 Å². The summed E-state index contributed by atoms with van der Waals surface area (Å²) in [6, 6.07) is 19.8. The average Bonchev–Trinajstić information content (AvgIpc) is 2.76. The Morgan fingerprint density at radius 1 is 0.839 bits per heavy atom. The largest absolute Gasteiger partial charge is 0.490 e. The van der Waals surface area contributed by atoms with Crippen LogP contribution in [0.4, 0.5) is 11.4 Å². The summed E-state index contributed by atoms with van der Waals surface area (Å²) in [4.78, 5) is 12.3. The molecule has 5 heteroatoms. The summed E-state index contributed by atoms with van der Waals surface area (Å²) in [6.07, 6.45) is 0. The molecule has 3 aromatic carbocycles. The van der Waals surface area contributed by atoms with Crippen molar-refractivity contribution in [1.29, 1.82) is 0 Å². The summed E-state index contributed by atoms with van der Waals surface area (Å²) in [5.74, 6) is 0.972. The number of hydrogen-bond donors (Lipinski definition) is 2. The van der Waals surface area contributed by atoms with Crippen LogP contribution in [0, 0.1) is 20.8 Å². The molecule has 0 aliphatic carbocycles. The van der Waals surface area contributed by atoms with E-state index in [9.17, 15) is 4.79 Å². The standard InChI is InChI=1S/C26H30N2O3/c1-5-30-25-15-21(16-27-22-12-10-18(2)20(4)14-22)11-13-24(25)31-17-26(29)28-23-9-7-6-8-19(23)3/h6-15,27H,5,16-17H2,1-4H3,(H,28,29). The van der Waals surface area contributed by atoms with Gasteiger partial charge in [0.15, 0.2) is 18.1 Å². The molecule has 2 N–H and O–H groups in total. The van der Waals surface area contributed by atoms with Gasteiger partial charge in [0.2, 0.25) is 0 Å². The molecular weight excluding hydrogens is 388 g/mol. The second kappa shape index (κ2) is 10.5. The zero-order valence-electron chi connectivity index (χ0n) is 18.6. The maximum absolute atomic E-state index is 12.3. The van der Waals surface area contributed by atoms with Gasteiger partial charge in [-0.05, 0) is 80.3 Å². The lowest BCUT2D eigenvalue weighted by atomic mass is 10.1. The van der Waals surface area contributed by atoms with Crippen molar-refractivity contribution in [3.8, 4) is 11.5 Å². The molecule has 0 saturated heterocycles. The Morgan fingerprint density at radius 2 is 1.65 bits per heavy atom. The molecule has 0 spiro atoms. The number of carbonyl (C=O) groups excluding carboxylic acids is 1. The van der Waals surface area contributed by atoms with Crippen LogP contribution in [0.3, 0.4) is 0 Å². The van der Waals surface area contributed by atoms with Crippen LogP contribution in [0.5, 0.6) is 11.5 Å². The normalized spacial score (nSPS) is 10.5. The van der Waals surface area contributed by atoms with Gasteiger partial charge in [-0.2, -0.15) is 0 Å².